The van der Waals surface area contributed by atoms with E-state index in [0.29, 0.717) is 46.8 Å². The standard InChI is InChI=1S/C49H50N4O8/c54-42-19-17-40(41-18-20-45(56)51-47(41)42)43(55)28-50-24-21-32-9-11-33(12-10-32)31-60-48(57)37-15-13-34(14-16-37)30-59-39-8-4-7-38(27-39)46(36-5-2-1-3-6-36)52-49(58)61-44-29-53-25-22-35(44)23-26-53/h1-20,27,35,43-44,46,50,54-55H,21-26,28-31H2,(H,51,56)(H,52,58)/t43-,44+,46?/m1/s1. The topological polar surface area (TPSA) is 162 Å². The number of rotatable bonds is 16. The van der Waals surface area contributed by atoms with Crippen molar-refractivity contribution in [3.8, 4) is 11.5 Å². The van der Waals surface area contributed by atoms with Crippen molar-refractivity contribution in [3.05, 3.63) is 177 Å². The Hall–Kier alpha value is -6.47. The Balaban J connectivity index is 0.784. The first-order valence-electron chi connectivity index (χ1n) is 20.8. The summed E-state index contributed by atoms with van der Waals surface area (Å²) in [5.41, 5.74) is 5.66. The number of phenolic OH excluding ortho intramolecular Hbond substituents is 1. The number of pyridine rings is 1. The quantitative estimate of drug-likeness (QED) is 0.0511. The molecule has 5 N–H and O–H groups in total. The minimum Gasteiger partial charge on any atom is -0.506 e. The zero-order chi connectivity index (χ0) is 42.1. The van der Waals surface area contributed by atoms with Gasteiger partial charge in [0.2, 0.25) is 5.56 Å². The lowest BCUT2D eigenvalue weighted by atomic mass is 9.86. The Bertz CT molecular complexity index is 2480. The Morgan fingerprint density at radius 1 is 0.803 bits per heavy atom. The third-order valence-electron chi connectivity index (χ3n) is 11.6. The fourth-order valence-electron chi connectivity index (χ4n) is 8.19. The van der Waals surface area contributed by atoms with E-state index >= 15 is 0 Å². The SMILES string of the molecule is O=C(NC(c1ccccc1)c1cccc(OCc2ccc(C(=O)OCc3ccc(CCNC[C@@H](O)c4ccc(O)c5[nH]c(=O)ccc45)cc3)cc2)c1)O[C@H]1CN2CCC1CC2. The minimum absolute atomic E-state index is 0.0473. The molecular weight excluding hydrogens is 773 g/mol. The summed E-state index contributed by atoms with van der Waals surface area (Å²) in [4.78, 5) is 42.8. The van der Waals surface area contributed by atoms with Gasteiger partial charge >= 0.3 is 12.1 Å². The van der Waals surface area contributed by atoms with Crippen molar-refractivity contribution in [1.29, 1.82) is 0 Å². The summed E-state index contributed by atoms with van der Waals surface area (Å²) in [6, 6.07) is 38.2. The summed E-state index contributed by atoms with van der Waals surface area (Å²) in [7, 11) is 0. The number of benzene rings is 5. The number of amides is 1. The van der Waals surface area contributed by atoms with Crippen LogP contribution in [0.25, 0.3) is 10.9 Å². The van der Waals surface area contributed by atoms with Crippen LogP contribution in [-0.2, 0) is 29.1 Å². The van der Waals surface area contributed by atoms with Gasteiger partial charge in [-0.1, -0.05) is 84.9 Å². The van der Waals surface area contributed by atoms with Gasteiger partial charge in [0.25, 0.3) is 0 Å². The number of H-pyrrole nitrogens is 1. The third kappa shape index (κ3) is 10.5. The molecule has 0 spiro atoms. The van der Waals surface area contributed by atoms with Crippen LogP contribution in [0.2, 0.25) is 0 Å². The number of aromatic amines is 1. The number of esters is 1. The molecule has 12 nitrogen and oxygen atoms in total. The molecule has 0 aliphatic carbocycles. The average molecular weight is 823 g/mol. The minimum atomic E-state index is -0.833. The number of nitrogens with one attached hydrogen (secondary N) is 3. The maximum atomic E-state index is 13.2. The lowest BCUT2D eigenvalue weighted by Crippen LogP contribution is -2.52. The van der Waals surface area contributed by atoms with Gasteiger partial charge in [0.1, 0.15) is 30.8 Å². The van der Waals surface area contributed by atoms with Gasteiger partial charge in [0, 0.05) is 24.5 Å². The molecule has 9 rings (SSSR count). The number of aliphatic hydroxyl groups is 1. The first-order valence-corrected chi connectivity index (χ1v) is 20.8. The highest BCUT2D eigenvalue weighted by molar-refractivity contribution is 5.89. The fourth-order valence-corrected chi connectivity index (χ4v) is 8.19. The number of carbonyl (C=O) groups is 2. The molecule has 0 radical (unpaired) electrons. The summed E-state index contributed by atoms with van der Waals surface area (Å²) in [5, 5.41) is 27.9. The van der Waals surface area contributed by atoms with E-state index in [2.05, 4.69) is 20.5 Å². The maximum absolute atomic E-state index is 13.2. The zero-order valence-electron chi connectivity index (χ0n) is 33.8. The molecule has 3 aliphatic heterocycles. The second kappa shape index (κ2) is 19.3. The van der Waals surface area contributed by atoms with Gasteiger partial charge in [-0.3, -0.25) is 9.69 Å². The van der Waals surface area contributed by atoms with Crippen molar-refractivity contribution in [2.45, 2.75) is 50.7 Å². The number of aromatic nitrogens is 1. The van der Waals surface area contributed by atoms with Crippen molar-refractivity contribution in [3.63, 3.8) is 0 Å². The molecule has 1 amide bonds. The van der Waals surface area contributed by atoms with Crippen molar-refractivity contribution < 1.29 is 34.0 Å². The number of carbonyl (C=O) groups excluding carboxylic acids is 2. The van der Waals surface area contributed by atoms with Crippen LogP contribution in [0, 0.1) is 5.92 Å². The molecule has 12 heteroatoms. The molecule has 0 saturated carbocycles. The number of phenols is 1. The Kier molecular flexibility index (Phi) is 13.0. The number of hydrogen-bond acceptors (Lipinski definition) is 10. The van der Waals surface area contributed by atoms with Gasteiger partial charge in [-0.15, -0.1) is 0 Å². The molecule has 5 aromatic carbocycles. The molecule has 1 aromatic heterocycles. The van der Waals surface area contributed by atoms with Crippen LogP contribution in [0.15, 0.2) is 132 Å². The number of alkyl carbamates (subject to hydrolysis) is 1. The van der Waals surface area contributed by atoms with Gasteiger partial charge < -0.3 is 40.0 Å². The number of fused-ring (bicyclic) bond motifs is 4. The number of hydrogen-bond donors (Lipinski definition) is 5. The van der Waals surface area contributed by atoms with E-state index in [1.807, 2.05) is 91.0 Å². The summed E-state index contributed by atoms with van der Waals surface area (Å²) in [6.07, 6.45) is 1.51. The van der Waals surface area contributed by atoms with Gasteiger partial charge in [0.05, 0.1) is 23.2 Å². The van der Waals surface area contributed by atoms with Crippen LogP contribution in [0.1, 0.15) is 68.7 Å². The van der Waals surface area contributed by atoms with E-state index in [-0.39, 0.29) is 30.6 Å². The summed E-state index contributed by atoms with van der Waals surface area (Å²) < 4.78 is 17.8. The molecule has 3 atom stereocenters. The molecule has 2 bridgehead atoms. The van der Waals surface area contributed by atoms with Crippen molar-refractivity contribution in [1.82, 2.24) is 20.5 Å². The van der Waals surface area contributed by atoms with E-state index in [0.717, 1.165) is 66.7 Å². The molecule has 314 valence electrons. The number of aliphatic hydroxyl groups excluding tert-OH is 1. The van der Waals surface area contributed by atoms with Crippen LogP contribution in [0.3, 0.4) is 0 Å². The summed E-state index contributed by atoms with van der Waals surface area (Å²) in [5.74, 6) is 0.594. The van der Waals surface area contributed by atoms with Gasteiger partial charge in [0.15, 0.2) is 0 Å². The Morgan fingerprint density at radius 2 is 1.52 bits per heavy atom. The highest BCUT2D eigenvalue weighted by Gasteiger charge is 2.37. The van der Waals surface area contributed by atoms with Crippen molar-refractivity contribution >= 4 is 23.0 Å². The second-order valence-electron chi connectivity index (χ2n) is 15.8. The first-order chi connectivity index (χ1) is 29.8. The zero-order valence-corrected chi connectivity index (χ0v) is 33.8. The smallest absolute Gasteiger partial charge is 0.408 e. The monoisotopic (exact) mass is 822 g/mol. The van der Waals surface area contributed by atoms with E-state index < -0.39 is 24.2 Å². The molecular formula is C49H50N4O8. The van der Waals surface area contributed by atoms with Gasteiger partial charge in [-0.05, 0) is 115 Å². The van der Waals surface area contributed by atoms with E-state index in [4.69, 9.17) is 14.2 Å². The fraction of sp³-hybridized carbons (Fsp3) is 0.286. The van der Waals surface area contributed by atoms with Crippen LogP contribution < -0.4 is 20.9 Å². The Labute approximate surface area is 354 Å². The predicted octanol–water partition coefficient (Wildman–Crippen LogP) is 6.95. The summed E-state index contributed by atoms with van der Waals surface area (Å²) >= 11 is 0. The largest absolute Gasteiger partial charge is 0.506 e. The van der Waals surface area contributed by atoms with Crippen molar-refractivity contribution in [2.24, 2.45) is 5.92 Å². The van der Waals surface area contributed by atoms with Crippen LogP contribution >= 0.6 is 0 Å². The molecule has 3 aliphatic rings. The second-order valence-corrected chi connectivity index (χ2v) is 15.8. The third-order valence-corrected chi connectivity index (χ3v) is 11.6. The highest BCUT2D eigenvalue weighted by atomic mass is 16.6. The van der Waals surface area contributed by atoms with Gasteiger partial charge in [-0.25, -0.2) is 9.59 Å². The predicted molar refractivity (Wildman–Crippen MR) is 231 cm³/mol. The normalized spacial score (nSPS) is 18.0. The van der Waals surface area contributed by atoms with Gasteiger partial charge in [-0.2, -0.15) is 0 Å². The molecule has 1 unspecified atom stereocenters. The molecule has 3 saturated heterocycles. The molecule has 61 heavy (non-hydrogen) atoms. The number of ether oxygens (including phenoxy) is 3. The van der Waals surface area contributed by atoms with Crippen molar-refractivity contribution in [2.75, 3.05) is 32.7 Å². The van der Waals surface area contributed by atoms with E-state index in [9.17, 15) is 24.6 Å². The Morgan fingerprint density at radius 3 is 2.28 bits per heavy atom. The molecule has 4 heterocycles. The maximum Gasteiger partial charge on any atom is 0.408 e. The first kappa shape index (κ1) is 41.3. The number of piperidine rings is 3. The van der Waals surface area contributed by atoms with E-state index in [1.165, 1.54) is 12.1 Å². The van der Waals surface area contributed by atoms with Crippen LogP contribution in [0.5, 0.6) is 11.5 Å². The number of nitrogens with zero attached hydrogens (tertiary/aromatic N) is 1. The molecule has 3 fully saturated rings. The van der Waals surface area contributed by atoms with E-state index in [1.54, 1.807) is 24.3 Å². The lowest BCUT2D eigenvalue weighted by Gasteiger charge is -2.43. The number of aromatic hydroxyl groups is 1. The average Bonchev–Trinajstić information content (AvgIpc) is 3.29. The van der Waals surface area contributed by atoms with Crippen LogP contribution in [-0.4, -0.2) is 71.0 Å². The van der Waals surface area contributed by atoms with Crippen LogP contribution in [0.4, 0.5) is 4.79 Å². The highest BCUT2D eigenvalue weighted by Crippen LogP contribution is 2.31. The molecule has 6 aromatic rings. The lowest BCUT2D eigenvalue weighted by molar-refractivity contribution is -0.0336. The summed E-state index contributed by atoms with van der Waals surface area (Å²) in [6.45, 7) is 4.28.